The van der Waals surface area contributed by atoms with Gasteiger partial charge in [0.1, 0.15) is 0 Å². The van der Waals surface area contributed by atoms with E-state index in [1.807, 2.05) is 20.8 Å². The summed E-state index contributed by atoms with van der Waals surface area (Å²) < 4.78 is 1.75. The van der Waals surface area contributed by atoms with Crippen LogP contribution < -0.4 is 0 Å². The fourth-order valence-electron chi connectivity index (χ4n) is 1.25. The lowest BCUT2D eigenvalue weighted by Gasteiger charge is -2.08. The van der Waals surface area contributed by atoms with Gasteiger partial charge in [0.2, 0.25) is 0 Å². The first-order chi connectivity index (χ1) is 6.06. The van der Waals surface area contributed by atoms with Crippen LogP contribution in [0.2, 0.25) is 0 Å². The Hall–Kier alpha value is -1.32. The Balaban J connectivity index is 3.11. The topological polar surface area (TPSA) is 55.1 Å². The highest BCUT2D eigenvalue weighted by Gasteiger charge is 2.13. The van der Waals surface area contributed by atoms with Gasteiger partial charge in [-0.15, -0.1) is 0 Å². The molecule has 1 N–H and O–H groups in total. The molecule has 0 atom stereocenters. The Morgan fingerprint density at radius 1 is 1.69 bits per heavy atom. The maximum atomic E-state index is 10.6. The molecule has 1 heterocycles. The minimum atomic E-state index is -0.964. The van der Waals surface area contributed by atoms with Gasteiger partial charge >= 0.3 is 5.97 Å². The van der Waals surface area contributed by atoms with Gasteiger partial charge in [0, 0.05) is 11.7 Å². The van der Waals surface area contributed by atoms with Gasteiger partial charge in [0.05, 0.1) is 0 Å². The van der Waals surface area contributed by atoms with E-state index in [-0.39, 0.29) is 11.7 Å². The molecule has 4 nitrogen and oxygen atoms in total. The molecule has 1 aromatic rings. The van der Waals surface area contributed by atoms with Gasteiger partial charge in [0.15, 0.2) is 5.69 Å². The molecule has 0 spiro atoms. The Morgan fingerprint density at radius 3 is 2.62 bits per heavy atom. The second-order valence-corrected chi connectivity index (χ2v) is 3.22. The number of hydrogen-bond acceptors (Lipinski definition) is 2. The van der Waals surface area contributed by atoms with E-state index in [2.05, 4.69) is 5.10 Å². The maximum absolute atomic E-state index is 10.6. The predicted molar refractivity (Wildman–Crippen MR) is 48.9 cm³/mol. The van der Waals surface area contributed by atoms with Crippen LogP contribution in [0.3, 0.4) is 0 Å². The quantitative estimate of drug-likeness (QED) is 0.774. The van der Waals surface area contributed by atoms with Crippen LogP contribution in [-0.2, 0) is 6.42 Å². The Morgan fingerprint density at radius 2 is 2.31 bits per heavy atom. The molecule has 0 saturated carbocycles. The number of rotatable bonds is 3. The van der Waals surface area contributed by atoms with Crippen molar-refractivity contribution < 1.29 is 9.90 Å². The monoisotopic (exact) mass is 182 g/mol. The standard InChI is InChI=1S/C9H14N2O2/c1-4-7-5-8(9(12)13)10-11(7)6(2)3/h5-6H,4H2,1-3H3,(H,12,13). The van der Waals surface area contributed by atoms with Gasteiger partial charge < -0.3 is 5.11 Å². The van der Waals surface area contributed by atoms with Crippen LogP contribution in [0.4, 0.5) is 0 Å². The van der Waals surface area contributed by atoms with E-state index in [9.17, 15) is 4.79 Å². The van der Waals surface area contributed by atoms with Crippen molar-refractivity contribution in [3.63, 3.8) is 0 Å². The summed E-state index contributed by atoms with van der Waals surface area (Å²) in [6, 6.07) is 1.84. The van der Waals surface area contributed by atoms with E-state index in [1.165, 1.54) is 0 Å². The third-order valence-electron chi connectivity index (χ3n) is 1.88. The Kier molecular flexibility index (Phi) is 2.70. The van der Waals surface area contributed by atoms with Crippen molar-refractivity contribution in [3.05, 3.63) is 17.5 Å². The van der Waals surface area contributed by atoms with E-state index in [1.54, 1.807) is 10.7 Å². The molecule has 0 saturated heterocycles. The molecule has 0 amide bonds. The molecule has 0 aromatic carbocycles. The van der Waals surface area contributed by atoms with Gasteiger partial charge in [0.25, 0.3) is 0 Å². The number of hydrogen-bond donors (Lipinski definition) is 1. The number of nitrogens with zero attached hydrogens (tertiary/aromatic N) is 2. The van der Waals surface area contributed by atoms with Crippen LogP contribution >= 0.6 is 0 Å². The van der Waals surface area contributed by atoms with Crippen LogP contribution in [0.15, 0.2) is 6.07 Å². The largest absolute Gasteiger partial charge is 0.476 e. The lowest BCUT2D eigenvalue weighted by atomic mass is 10.3. The molecular formula is C9H14N2O2. The van der Waals surface area contributed by atoms with Crippen LogP contribution in [0.1, 0.15) is 43.0 Å². The number of carboxylic acids is 1. The van der Waals surface area contributed by atoms with E-state index in [0.29, 0.717) is 0 Å². The average molecular weight is 182 g/mol. The molecule has 72 valence electrons. The van der Waals surface area contributed by atoms with E-state index in [4.69, 9.17) is 5.11 Å². The molecule has 0 aliphatic carbocycles. The third kappa shape index (κ3) is 1.88. The smallest absolute Gasteiger partial charge is 0.356 e. The molecule has 0 unspecified atom stereocenters. The predicted octanol–water partition coefficient (Wildman–Crippen LogP) is 1.72. The van der Waals surface area contributed by atoms with Crippen molar-refractivity contribution in [1.82, 2.24) is 9.78 Å². The molecule has 1 rings (SSSR count). The van der Waals surface area contributed by atoms with Gasteiger partial charge in [-0.2, -0.15) is 5.10 Å². The Labute approximate surface area is 77.2 Å². The molecular weight excluding hydrogens is 168 g/mol. The first-order valence-electron chi connectivity index (χ1n) is 4.38. The van der Waals surface area contributed by atoms with Gasteiger partial charge in [-0.1, -0.05) is 6.92 Å². The molecule has 0 aliphatic rings. The number of carboxylic acid groups (broad SMARTS) is 1. The fraction of sp³-hybridized carbons (Fsp3) is 0.556. The van der Waals surface area contributed by atoms with Crippen LogP contribution in [-0.4, -0.2) is 20.9 Å². The summed E-state index contributed by atoms with van der Waals surface area (Å²) in [5.41, 5.74) is 1.10. The summed E-state index contributed by atoms with van der Waals surface area (Å²) >= 11 is 0. The highest BCUT2D eigenvalue weighted by molar-refractivity contribution is 5.85. The maximum Gasteiger partial charge on any atom is 0.356 e. The Bertz CT molecular complexity index is 315. The number of aromatic nitrogens is 2. The molecule has 0 fully saturated rings. The molecule has 13 heavy (non-hydrogen) atoms. The molecule has 0 radical (unpaired) electrons. The first-order valence-corrected chi connectivity index (χ1v) is 4.38. The summed E-state index contributed by atoms with van der Waals surface area (Å²) in [4.78, 5) is 10.6. The zero-order chi connectivity index (χ0) is 10.0. The van der Waals surface area contributed by atoms with Crippen molar-refractivity contribution in [3.8, 4) is 0 Å². The summed E-state index contributed by atoms with van der Waals surface area (Å²) in [6.45, 7) is 5.96. The van der Waals surface area contributed by atoms with Crippen LogP contribution in [0.5, 0.6) is 0 Å². The number of carbonyl (C=O) groups is 1. The van der Waals surface area contributed by atoms with Crippen molar-refractivity contribution >= 4 is 5.97 Å². The van der Waals surface area contributed by atoms with Gasteiger partial charge in [-0.05, 0) is 26.3 Å². The van der Waals surface area contributed by atoms with E-state index < -0.39 is 5.97 Å². The van der Waals surface area contributed by atoms with Crippen molar-refractivity contribution in [1.29, 1.82) is 0 Å². The first kappa shape index (κ1) is 9.77. The summed E-state index contributed by atoms with van der Waals surface area (Å²) in [7, 11) is 0. The summed E-state index contributed by atoms with van der Waals surface area (Å²) in [5, 5.41) is 12.7. The van der Waals surface area contributed by atoms with Gasteiger partial charge in [-0.3, -0.25) is 4.68 Å². The number of aromatic carboxylic acids is 1. The second-order valence-electron chi connectivity index (χ2n) is 3.22. The average Bonchev–Trinajstić information content (AvgIpc) is 2.47. The molecule has 4 heteroatoms. The zero-order valence-electron chi connectivity index (χ0n) is 8.11. The van der Waals surface area contributed by atoms with Gasteiger partial charge in [-0.25, -0.2) is 4.79 Å². The number of aryl methyl sites for hydroxylation is 1. The van der Waals surface area contributed by atoms with Crippen molar-refractivity contribution in [2.75, 3.05) is 0 Å². The lowest BCUT2D eigenvalue weighted by molar-refractivity contribution is 0.0689. The summed E-state index contributed by atoms with van der Waals surface area (Å²) in [6.07, 6.45) is 0.804. The molecule has 1 aromatic heterocycles. The molecule has 0 aliphatic heterocycles. The van der Waals surface area contributed by atoms with Crippen LogP contribution in [0, 0.1) is 0 Å². The second kappa shape index (κ2) is 3.60. The molecule has 0 bridgehead atoms. The SMILES string of the molecule is CCc1cc(C(=O)O)nn1C(C)C. The third-order valence-corrected chi connectivity index (χ3v) is 1.88. The minimum Gasteiger partial charge on any atom is -0.476 e. The normalized spacial score (nSPS) is 10.8. The highest BCUT2D eigenvalue weighted by atomic mass is 16.4. The highest BCUT2D eigenvalue weighted by Crippen LogP contribution is 2.11. The van der Waals surface area contributed by atoms with Crippen molar-refractivity contribution in [2.24, 2.45) is 0 Å². The lowest BCUT2D eigenvalue weighted by Crippen LogP contribution is -2.07. The van der Waals surface area contributed by atoms with Crippen LogP contribution in [0.25, 0.3) is 0 Å². The zero-order valence-corrected chi connectivity index (χ0v) is 8.11. The van der Waals surface area contributed by atoms with E-state index in [0.717, 1.165) is 12.1 Å². The minimum absolute atomic E-state index is 0.130. The van der Waals surface area contributed by atoms with Crippen molar-refractivity contribution in [2.45, 2.75) is 33.2 Å². The fourth-order valence-corrected chi connectivity index (χ4v) is 1.25. The van der Waals surface area contributed by atoms with E-state index >= 15 is 0 Å². The summed E-state index contributed by atoms with van der Waals surface area (Å²) in [5.74, 6) is -0.964.